The van der Waals surface area contributed by atoms with Gasteiger partial charge in [0.15, 0.2) is 0 Å². The fourth-order valence-electron chi connectivity index (χ4n) is 2.64. The number of carbonyl (C=O) groups is 2. The molecule has 0 bridgehead atoms. The average molecular weight is 420 g/mol. The predicted molar refractivity (Wildman–Crippen MR) is 103 cm³/mol. The zero-order chi connectivity index (χ0) is 21.0. The predicted octanol–water partition coefficient (Wildman–Crippen LogP) is 4.64. The van der Waals surface area contributed by atoms with Crippen LogP contribution in [0.3, 0.4) is 0 Å². The van der Waals surface area contributed by atoms with E-state index in [0.717, 1.165) is 12.1 Å². The van der Waals surface area contributed by atoms with Gasteiger partial charge in [-0.05, 0) is 23.8 Å². The van der Waals surface area contributed by atoms with Gasteiger partial charge in [0.2, 0.25) is 5.91 Å². The number of nitrogens with zero attached hydrogens (tertiary/aromatic N) is 1. The third kappa shape index (κ3) is 5.41. The molecule has 2 aromatic carbocycles. The maximum absolute atomic E-state index is 12.7. The Morgan fingerprint density at radius 3 is 2.38 bits per heavy atom. The van der Waals surface area contributed by atoms with E-state index in [1.807, 2.05) is 0 Å². The molecule has 2 N–H and O–H groups in total. The van der Waals surface area contributed by atoms with Crippen molar-refractivity contribution < 1.29 is 27.9 Å². The molecule has 1 heterocycles. The topological polar surface area (TPSA) is 79.3 Å². The van der Waals surface area contributed by atoms with E-state index in [-0.39, 0.29) is 18.7 Å². The molecular formula is C20H15F3N2O3S. The summed E-state index contributed by atoms with van der Waals surface area (Å²) < 4.78 is 38.0. The normalized spacial score (nSPS) is 11.3. The van der Waals surface area contributed by atoms with Gasteiger partial charge in [0, 0.05) is 16.6 Å². The molecule has 0 aliphatic rings. The lowest BCUT2D eigenvalue weighted by Crippen LogP contribution is -2.16. The Balaban J connectivity index is 1.67. The molecular weight excluding hydrogens is 405 g/mol. The van der Waals surface area contributed by atoms with Crippen LogP contribution in [0.4, 0.5) is 18.9 Å². The summed E-state index contributed by atoms with van der Waals surface area (Å²) in [6.45, 7) is 0. The van der Waals surface area contributed by atoms with Gasteiger partial charge in [-0.3, -0.25) is 9.59 Å². The molecule has 0 fully saturated rings. The van der Waals surface area contributed by atoms with E-state index in [2.05, 4.69) is 10.3 Å². The van der Waals surface area contributed by atoms with Crippen LogP contribution in [-0.4, -0.2) is 22.0 Å². The maximum Gasteiger partial charge on any atom is 0.416 e. The minimum absolute atomic E-state index is 0.0431. The number of rotatable bonds is 6. The Kier molecular flexibility index (Phi) is 5.97. The summed E-state index contributed by atoms with van der Waals surface area (Å²) in [5.41, 5.74) is 1.16. The molecule has 0 saturated carbocycles. The molecule has 0 spiro atoms. The number of carbonyl (C=O) groups excluding carboxylic acids is 1. The second kappa shape index (κ2) is 8.44. The number of thiazole rings is 1. The highest BCUT2D eigenvalue weighted by Crippen LogP contribution is 2.31. The van der Waals surface area contributed by atoms with E-state index in [0.29, 0.717) is 27.5 Å². The Hall–Kier alpha value is -3.20. The minimum Gasteiger partial charge on any atom is -0.481 e. The van der Waals surface area contributed by atoms with E-state index >= 15 is 0 Å². The summed E-state index contributed by atoms with van der Waals surface area (Å²) in [6, 6.07) is 11.3. The number of para-hydroxylation sites is 1. The summed E-state index contributed by atoms with van der Waals surface area (Å²) in [5.74, 6) is -1.38. The second-order valence-corrected chi connectivity index (χ2v) is 7.03. The number of amides is 1. The molecule has 0 aliphatic carbocycles. The lowest BCUT2D eigenvalue weighted by Gasteiger charge is -2.09. The lowest BCUT2D eigenvalue weighted by molar-refractivity contribution is -0.138. The highest BCUT2D eigenvalue weighted by Gasteiger charge is 2.30. The maximum atomic E-state index is 12.7. The third-order valence-electron chi connectivity index (χ3n) is 3.99. The number of carboxylic acid groups (broad SMARTS) is 1. The van der Waals surface area contributed by atoms with Crippen LogP contribution in [-0.2, 0) is 28.6 Å². The Labute approximate surface area is 167 Å². The molecule has 0 atom stereocenters. The van der Waals surface area contributed by atoms with Gasteiger partial charge >= 0.3 is 12.1 Å². The van der Waals surface area contributed by atoms with Crippen molar-refractivity contribution in [3.8, 4) is 10.6 Å². The van der Waals surface area contributed by atoms with Gasteiger partial charge in [0.05, 0.1) is 24.1 Å². The molecule has 5 nitrogen and oxygen atoms in total. The first kappa shape index (κ1) is 20.5. The van der Waals surface area contributed by atoms with Gasteiger partial charge in [-0.15, -0.1) is 11.3 Å². The van der Waals surface area contributed by atoms with E-state index in [9.17, 15) is 22.8 Å². The van der Waals surface area contributed by atoms with Crippen LogP contribution in [0, 0.1) is 0 Å². The summed E-state index contributed by atoms with van der Waals surface area (Å²) >= 11 is 1.23. The number of anilines is 1. The fourth-order valence-corrected chi connectivity index (χ4v) is 3.47. The van der Waals surface area contributed by atoms with E-state index in [4.69, 9.17) is 5.11 Å². The van der Waals surface area contributed by atoms with Crippen LogP contribution in [0.25, 0.3) is 10.6 Å². The van der Waals surface area contributed by atoms with Gasteiger partial charge < -0.3 is 10.4 Å². The number of nitrogens with one attached hydrogen (secondary N) is 1. The largest absolute Gasteiger partial charge is 0.481 e. The first-order valence-electron chi connectivity index (χ1n) is 8.44. The molecule has 0 unspecified atom stereocenters. The summed E-state index contributed by atoms with van der Waals surface area (Å²) in [7, 11) is 0. The summed E-state index contributed by atoms with van der Waals surface area (Å²) in [4.78, 5) is 27.5. The zero-order valence-corrected chi connectivity index (χ0v) is 15.7. The number of hydrogen-bond acceptors (Lipinski definition) is 4. The van der Waals surface area contributed by atoms with Crippen LogP contribution < -0.4 is 5.32 Å². The molecule has 1 amide bonds. The number of aliphatic carboxylic acids is 1. The van der Waals surface area contributed by atoms with Crippen molar-refractivity contribution in [2.45, 2.75) is 19.0 Å². The van der Waals surface area contributed by atoms with Gasteiger partial charge in [0.25, 0.3) is 0 Å². The monoisotopic (exact) mass is 420 g/mol. The minimum atomic E-state index is -4.40. The smallest absolute Gasteiger partial charge is 0.416 e. The lowest BCUT2D eigenvalue weighted by atomic mass is 10.1. The molecule has 3 rings (SSSR count). The number of hydrogen-bond donors (Lipinski definition) is 2. The van der Waals surface area contributed by atoms with Gasteiger partial charge in [0.1, 0.15) is 5.01 Å². The van der Waals surface area contributed by atoms with Gasteiger partial charge in [-0.1, -0.05) is 30.3 Å². The van der Waals surface area contributed by atoms with Crippen LogP contribution in [0.1, 0.15) is 16.8 Å². The molecule has 150 valence electrons. The van der Waals surface area contributed by atoms with Crippen molar-refractivity contribution in [2.75, 3.05) is 5.32 Å². The first-order chi connectivity index (χ1) is 13.7. The quantitative estimate of drug-likeness (QED) is 0.609. The third-order valence-corrected chi connectivity index (χ3v) is 4.93. The van der Waals surface area contributed by atoms with Gasteiger partial charge in [-0.25, -0.2) is 4.98 Å². The number of carboxylic acids is 1. The summed E-state index contributed by atoms with van der Waals surface area (Å²) in [5, 5.41) is 13.8. The van der Waals surface area contributed by atoms with Crippen LogP contribution in [0.2, 0.25) is 0 Å². The van der Waals surface area contributed by atoms with Crippen LogP contribution >= 0.6 is 11.3 Å². The van der Waals surface area contributed by atoms with Crippen LogP contribution in [0.15, 0.2) is 53.9 Å². The number of halogens is 3. The summed E-state index contributed by atoms with van der Waals surface area (Å²) in [6.07, 6.45) is -4.66. The standard InChI is InChI=1S/C20H15F3N2O3S/c21-20(22,23)14-7-5-12(6-8-14)19-24-15(11-29-19)10-17(26)25-16-4-2-1-3-13(16)9-18(27)28/h1-8,11H,9-10H2,(H,25,26)(H,27,28). The first-order valence-corrected chi connectivity index (χ1v) is 9.32. The van der Waals surface area contributed by atoms with Crippen molar-refractivity contribution in [2.24, 2.45) is 0 Å². The van der Waals surface area contributed by atoms with Crippen molar-refractivity contribution in [1.82, 2.24) is 4.98 Å². The van der Waals surface area contributed by atoms with E-state index < -0.39 is 17.7 Å². The Morgan fingerprint density at radius 1 is 1.03 bits per heavy atom. The van der Waals surface area contributed by atoms with Crippen molar-refractivity contribution in [1.29, 1.82) is 0 Å². The van der Waals surface area contributed by atoms with Crippen LogP contribution in [0.5, 0.6) is 0 Å². The SMILES string of the molecule is O=C(O)Cc1ccccc1NC(=O)Cc1csc(-c2ccc(C(F)(F)F)cc2)n1. The molecule has 9 heteroatoms. The molecule has 0 saturated heterocycles. The molecule has 29 heavy (non-hydrogen) atoms. The van der Waals surface area contributed by atoms with E-state index in [1.54, 1.807) is 29.6 Å². The molecule has 3 aromatic rings. The van der Waals surface area contributed by atoms with Crippen molar-refractivity contribution in [3.63, 3.8) is 0 Å². The average Bonchev–Trinajstić information content (AvgIpc) is 3.10. The number of benzene rings is 2. The highest BCUT2D eigenvalue weighted by atomic mass is 32.1. The zero-order valence-electron chi connectivity index (χ0n) is 14.9. The Bertz CT molecular complexity index is 1030. The highest BCUT2D eigenvalue weighted by molar-refractivity contribution is 7.13. The fraction of sp³-hybridized carbons (Fsp3) is 0.150. The number of alkyl halides is 3. The molecule has 0 radical (unpaired) electrons. The van der Waals surface area contributed by atoms with Gasteiger partial charge in [-0.2, -0.15) is 13.2 Å². The number of aromatic nitrogens is 1. The second-order valence-electron chi connectivity index (χ2n) is 6.17. The van der Waals surface area contributed by atoms with E-state index in [1.165, 1.54) is 23.5 Å². The Morgan fingerprint density at radius 2 is 1.72 bits per heavy atom. The van der Waals surface area contributed by atoms with Crippen molar-refractivity contribution in [3.05, 3.63) is 70.7 Å². The molecule has 0 aliphatic heterocycles. The molecule has 1 aromatic heterocycles. The van der Waals surface area contributed by atoms with Crippen molar-refractivity contribution >= 4 is 28.9 Å².